The zero-order valence-corrected chi connectivity index (χ0v) is 12.2. The van der Waals surface area contributed by atoms with E-state index in [1.54, 1.807) is 37.1 Å². The average Bonchev–Trinajstić information content (AvgIpc) is 3.01. The number of nitrogens with zero attached hydrogens (tertiary/aromatic N) is 3. The van der Waals surface area contributed by atoms with Gasteiger partial charge in [0.1, 0.15) is 0 Å². The summed E-state index contributed by atoms with van der Waals surface area (Å²) in [4.78, 5) is 0. The van der Waals surface area contributed by atoms with Crippen LogP contribution in [-0.4, -0.2) is 42.0 Å². The van der Waals surface area contributed by atoms with Crippen LogP contribution in [-0.2, 0) is 23.1 Å². The van der Waals surface area contributed by atoms with Crippen LogP contribution in [0.4, 0.5) is 0 Å². The number of aromatic nitrogens is 4. The molecule has 110 valence electrons. The fourth-order valence-electron chi connectivity index (χ4n) is 1.83. The molecule has 0 aliphatic heterocycles. The SMILES string of the molecule is CNCc1c(S(=O)(=O)NCCn2cccn2)n[nH]c1C. The molecular weight excluding hydrogens is 280 g/mol. The van der Waals surface area contributed by atoms with Crippen molar-refractivity contribution in [3.8, 4) is 0 Å². The Labute approximate surface area is 117 Å². The molecule has 0 saturated carbocycles. The van der Waals surface area contributed by atoms with Crippen molar-refractivity contribution in [3.63, 3.8) is 0 Å². The van der Waals surface area contributed by atoms with Crippen molar-refractivity contribution in [1.29, 1.82) is 0 Å². The Morgan fingerprint density at radius 3 is 2.90 bits per heavy atom. The highest BCUT2D eigenvalue weighted by molar-refractivity contribution is 7.89. The molecule has 0 spiro atoms. The molecule has 0 atom stereocenters. The summed E-state index contributed by atoms with van der Waals surface area (Å²) in [6, 6.07) is 1.79. The Morgan fingerprint density at radius 2 is 2.25 bits per heavy atom. The first kappa shape index (κ1) is 14.7. The van der Waals surface area contributed by atoms with Gasteiger partial charge in [-0.2, -0.15) is 10.2 Å². The van der Waals surface area contributed by atoms with E-state index in [2.05, 4.69) is 25.3 Å². The molecule has 2 aromatic heterocycles. The topological polar surface area (TPSA) is 105 Å². The summed E-state index contributed by atoms with van der Waals surface area (Å²) in [6.45, 7) is 2.96. The maximum atomic E-state index is 12.2. The van der Waals surface area contributed by atoms with E-state index in [9.17, 15) is 8.42 Å². The lowest BCUT2D eigenvalue weighted by molar-refractivity contribution is 0.556. The molecule has 2 heterocycles. The van der Waals surface area contributed by atoms with Gasteiger partial charge in [0.2, 0.25) is 0 Å². The first-order valence-corrected chi connectivity index (χ1v) is 7.68. The summed E-state index contributed by atoms with van der Waals surface area (Å²) in [7, 11) is -1.86. The van der Waals surface area contributed by atoms with Gasteiger partial charge in [-0.15, -0.1) is 0 Å². The van der Waals surface area contributed by atoms with Crippen LogP contribution in [0.1, 0.15) is 11.3 Å². The third-order valence-corrected chi connectivity index (χ3v) is 4.27. The van der Waals surface area contributed by atoms with Gasteiger partial charge in [-0.3, -0.25) is 9.78 Å². The van der Waals surface area contributed by atoms with Crippen LogP contribution in [0, 0.1) is 6.92 Å². The lowest BCUT2D eigenvalue weighted by atomic mass is 10.3. The van der Waals surface area contributed by atoms with Crippen molar-refractivity contribution >= 4 is 10.0 Å². The van der Waals surface area contributed by atoms with Crippen molar-refractivity contribution in [1.82, 2.24) is 30.0 Å². The molecule has 0 unspecified atom stereocenters. The highest BCUT2D eigenvalue weighted by atomic mass is 32.2. The standard InChI is InChI=1S/C11H18N6O2S/c1-9-10(8-12-2)11(16-15-9)20(18,19)14-5-7-17-6-3-4-13-17/h3-4,6,12,14H,5,7-8H2,1-2H3,(H,15,16). The van der Waals surface area contributed by atoms with E-state index in [4.69, 9.17) is 0 Å². The van der Waals surface area contributed by atoms with E-state index in [1.807, 2.05) is 0 Å². The zero-order valence-electron chi connectivity index (χ0n) is 11.4. The van der Waals surface area contributed by atoms with Crippen molar-refractivity contribution < 1.29 is 8.42 Å². The van der Waals surface area contributed by atoms with Gasteiger partial charge in [0.05, 0.1) is 6.54 Å². The molecule has 0 saturated heterocycles. The van der Waals surface area contributed by atoms with E-state index >= 15 is 0 Å². The number of aromatic amines is 1. The summed E-state index contributed by atoms with van der Waals surface area (Å²) < 4.78 is 28.6. The predicted molar refractivity (Wildman–Crippen MR) is 73.5 cm³/mol. The maximum absolute atomic E-state index is 12.2. The van der Waals surface area contributed by atoms with Gasteiger partial charge in [0.15, 0.2) is 5.03 Å². The fourth-order valence-corrected chi connectivity index (χ4v) is 3.05. The van der Waals surface area contributed by atoms with Crippen LogP contribution in [0.5, 0.6) is 0 Å². The molecule has 0 aromatic carbocycles. The van der Waals surface area contributed by atoms with E-state index in [0.717, 1.165) is 5.69 Å². The zero-order chi connectivity index (χ0) is 14.6. The molecule has 9 heteroatoms. The second-order valence-electron chi connectivity index (χ2n) is 4.33. The van der Waals surface area contributed by atoms with Crippen LogP contribution in [0.3, 0.4) is 0 Å². The average molecular weight is 298 g/mol. The highest BCUT2D eigenvalue weighted by Crippen LogP contribution is 2.15. The molecule has 0 aliphatic carbocycles. The summed E-state index contributed by atoms with van der Waals surface area (Å²) in [5.74, 6) is 0. The molecule has 2 rings (SSSR count). The summed E-state index contributed by atoms with van der Waals surface area (Å²) in [5.41, 5.74) is 1.39. The summed E-state index contributed by atoms with van der Waals surface area (Å²) >= 11 is 0. The van der Waals surface area contributed by atoms with Crippen LogP contribution >= 0.6 is 0 Å². The van der Waals surface area contributed by atoms with Gasteiger partial charge in [-0.05, 0) is 20.0 Å². The van der Waals surface area contributed by atoms with Crippen molar-refractivity contribution in [2.75, 3.05) is 13.6 Å². The van der Waals surface area contributed by atoms with Gasteiger partial charge >= 0.3 is 0 Å². The van der Waals surface area contributed by atoms with Crippen molar-refractivity contribution in [2.24, 2.45) is 0 Å². The normalized spacial score (nSPS) is 11.9. The minimum atomic E-state index is -3.62. The van der Waals surface area contributed by atoms with Crippen LogP contribution in [0.15, 0.2) is 23.5 Å². The number of nitrogens with one attached hydrogen (secondary N) is 3. The summed E-state index contributed by atoms with van der Waals surface area (Å²) in [6.07, 6.45) is 3.43. The molecule has 20 heavy (non-hydrogen) atoms. The number of rotatable bonds is 7. The van der Waals surface area contributed by atoms with Gasteiger partial charge < -0.3 is 5.32 Å². The number of sulfonamides is 1. The number of hydrogen-bond donors (Lipinski definition) is 3. The second kappa shape index (κ2) is 6.16. The van der Waals surface area contributed by atoms with Crippen LogP contribution < -0.4 is 10.0 Å². The van der Waals surface area contributed by atoms with Crippen molar-refractivity contribution in [3.05, 3.63) is 29.7 Å². The Bertz CT molecular complexity index is 647. The van der Waals surface area contributed by atoms with Crippen LogP contribution in [0.2, 0.25) is 0 Å². The molecule has 2 aromatic rings. The van der Waals surface area contributed by atoms with Gasteiger partial charge in [0.25, 0.3) is 10.0 Å². The monoisotopic (exact) mass is 298 g/mol. The second-order valence-corrected chi connectivity index (χ2v) is 6.01. The lowest BCUT2D eigenvalue weighted by Crippen LogP contribution is -2.29. The molecule has 0 amide bonds. The van der Waals surface area contributed by atoms with Gasteiger partial charge in [-0.1, -0.05) is 0 Å². The third-order valence-electron chi connectivity index (χ3n) is 2.84. The van der Waals surface area contributed by atoms with Gasteiger partial charge in [0, 0.05) is 36.7 Å². The molecular formula is C11H18N6O2S. The first-order valence-electron chi connectivity index (χ1n) is 6.20. The highest BCUT2D eigenvalue weighted by Gasteiger charge is 2.22. The third kappa shape index (κ3) is 3.24. The van der Waals surface area contributed by atoms with Gasteiger partial charge in [-0.25, -0.2) is 13.1 Å². The smallest absolute Gasteiger partial charge is 0.260 e. The number of H-pyrrole nitrogens is 1. The maximum Gasteiger partial charge on any atom is 0.260 e. The summed E-state index contributed by atoms with van der Waals surface area (Å²) in [5, 5.41) is 13.6. The van der Waals surface area contributed by atoms with E-state index in [-0.39, 0.29) is 11.6 Å². The molecule has 0 fully saturated rings. The number of aryl methyl sites for hydroxylation is 1. The van der Waals surface area contributed by atoms with E-state index in [1.165, 1.54) is 0 Å². The molecule has 0 radical (unpaired) electrons. The fraction of sp³-hybridized carbons (Fsp3) is 0.455. The molecule has 0 bridgehead atoms. The van der Waals surface area contributed by atoms with Crippen LogP contribution in [0.25, 0.3) is 0 Å². The first-order chi connectivity index (χ1) is 9.54. The minimum Gasteiger partial charge on any atom is -0.316 e. The Hall–Kier alpha value is -1.71. The Morgan fingerprint density at radius 1 is 1.45 bits per heavy atom. The quantitative estimate of drug-likeness (QED) is 0.646. The lowest BCUT2D eigenvalue weighted by Gasteiger charge is -2.07. The molecule has 8 nitrogen and oxygen atoms in total. The van der Waals surface area contributed by atoms with E-state index < -0.39 is 10.0 Å². The van der Waals surface area contributed by atoms with Crippen molar-refractivity contribution in [2.45, 2.75) is 25.0 Å². The van der Waals surface area contributed by atoms with E-state index in [0.29, 0.717) is 18.7 Å². The molecule has 3 N–H and O–H groups in total. The predicted octanol–water partition coefficient (Wildman–Crippen LogP) is -0.387. The Kier molecular flexibility index (Phi) is 4.53. The number of hydrogen-bond acceptors (Lipinski definition) is 5. The Balaban J connectivity index is 2.06. The molecule has 0 aliphatic rings. The largest absolute Gasteiger partial charge is 0.316 e. The minimum absolute atomic E-state index is 0.0461.